The van der Waals surface area contributed by atoms with Gasteiger partial charge in [0.2, 0.25) is 0 Å². The highest BCUT2D eigenvalue weighted by Gasteiger charge is 2.32. The number of hydrogen-bond acceptors (Lipinski definition) is 0. The Labute approximate surface area is 114 Å². The molecule has 0 nitrogen and oxygen atoms in total. The molecule has 0 unspecified atom stereocenters. The lowest BCUT2D eigenvalue weighted by Gasteiger charge is -2.41. The van der Waals surface area contributed by atoms with Crippen molar-refractivity contribution in [3.05, 3.63) is 42.0 Å². The van der Waals surface area contributed by atoms with E-state index < -0.39 is 0 Å². The molecule has 1 rings (SSSR count). The van der Waals surface area contributed by atoms with Crippen LogP contribution >= 0.6 is 7.92 Å². The molecule has 0 N–H and O–H groups in total. The Kier molecular flexibility index (Phi) is 5.17. The molecule has 0 aromatic heterocycles. The van der Waals surface area contributed by atoms with E-state index in [-0.39, 0.29) is 7.92 Å². The molecule has 0 fully saturated rings. The van der Waals surface area contributed by atoms with Crippen molar-refractivity contribution in [2.75, 3.05) is 6.16 Å². The first kappa shape index (κ1) is 15.4. The standard InChI is InChI=1S/C17H27P/c1-16(2,3)18(17(4,5)6)14-10-13-15-11-8-7-9-12-15/h7-13H,14H2,1-6H3. The van der Waals surface area contributed by atoms with Crippen LogP contribution in [-0.4, -0.2) is 16.5 Å². The van der Waals surface area contributed by atoms with Gasteiger partial charge in [0.1, 0.15) is 0 Å². The average molecular weight is 262 g/mol. The predicted octanol–water partition coefficient (Wildman–Crippen LogP) is 5.78. The van der Waals surface area contributed by atoms with Crippen LogP contribution in [0.1, 0.15) is 47.1 Å². The maximum absolute atomic E-state index is 2.38. The lowest BCUT2D eigenvalue weighted by Crippen LogP contribution is -2.26. The summed E-state index contributed by atoms with van der Waals surface area (Å²) in [5.74, 6) is 0. The van der Waals surface area contributed by atoms with Crippen molar-refractivity contribution < 1.29 is 0 Å². The molecule has 0 spiro atoms. The van der Waals surface area contributed by atoms with Gasteiger partial charge in [-0.05, 0) is 22.0 Å². The van der Waals surface area contributed by atoms with Crippen molar-refractivity contribution in [2.24, 2.45) is 0 Å². The van der Waals surface area contributed by atoms with Gasteiger partial charge < -0.3 is 0 Å². The molecule has 0 bridgehead atoms. The van der Waals surface area contributed by atoms with E-state index in [9.17, 15) is 0 Å². The summed E-state index contributed by atoms with van der Waals surface area (Å²) >= 11 is 0. The van der Waals surface area contributed by atoms with Crippen molar-refractivity contribution >= 4 is 14.0 Å². The van der Waals surface area contributed by atoms with E-state index in [0.717, 1.165) is 0 Å². The first-order valence-electron chi connectivity index (χ1n) is 6.70. The van der Waals surface area contributed by atoms with E-state index in [4.69, 9.17) is 0 Å². The summed E-state index contributed by atoms with van der Waals surface area (Å²) in [6, 6.07) is 10.6. The van der Waals surface area contributed by atoms with Crippen molar-refractivity contribution in [3.63, 3.8) is 0 Å². The Morgan fingerprint density at radius 3 is 1.83 bits per heavy atom. The number of benzene rings is 1. The Balaban J connectivity index is 2.73. The summed E-state index contributed by atoms with van der Waals surface area (Å²) in [7, 11) is -0.0258. The highest BCUT2D eigenvalue weighted by Crippen LogP contribution is 2.59. The molecule has 1 aromatic rings. The lowest BCUT2D eigenvalue weighted by atomic mass is 10.2. The highest BCUT2D eigenvalue weighted by atomic mass is 31.1. The van der Waals surface area contributed by atoms with Gasteiger partial charge >= 0.3 is 0 Å². The SMILES string of the molecule is CC(C)(C)P(CC=Cc1ccccc1)C(C)(C)C. The van der Waals surface area contributed by atoms with Crippen LogP contribution in [0.15, 0.2) is 36.4 Å². The zero-order valence-electron chi connectivity index (χ0n) is 12.7. The number of rotatable bonds is 3. The van der Waals surface area contributed by atoms with Gasteiger partial charge in [0.25, 0.3) is 0 Å². The van der Waals surface area contributed by atoms with Gasteiger partial charge in [0, 0.05) is 0 Å². The number of hydrogen-bond donors (Lipinski definition) is 0. The maximum Gasteiger partial charge on any atom is -0.0132 e. The quantitative estimate of drug-likeness (QED) is 0.606. The van der Waals surface area contributed by atoms with Gasteiger partial charge in [0.05, 0.1) is 0 Å². The molecule has 0 heterocycles. The summed E-state index contributed by atoms with van der Waals surface area (Å²) in [6.45, 7) is 14.3. The first-order valence-corrected chi connectivity index (χ1v) is 8.23. The summed E-state index contributed by atoms with van der Waals surface area (Å²) < 4.78 is 0. The normalized spacial score (nSPS) is 13.5. The van der Waals surface area contributed by atoms with Gasteiger partial charge in [0.15, 0.2) is 0 Å². The summed E-state index contributed by atoms with van der Waals surface area (Å²) in [5, 5.41) is 0.823. The maximum atomic E-state index is 2.38. The van der Waals surface area contributed by atoms with Gasteiger partial charge in [-0.3, -0.25) is 0 Å². The number of allylic oxidation sites excluding steroid dienone is 1. The largest absolute Gasteiger partial charge is 0.0918 e. The van der Waals surface area contributed by atoms with Crippen LogP contribution in [0.3, 0.4) is 0 Å². The van der Waals surface area contributed by atoms with Gasteiger partial charge in [-0.15, -0.1) is 0 Å². The molecule has 0 saturated carbocycles. The Bertz CT molecular complexity index is 362. The minimum atomic E-state index is -0.0258. The molecule has 18 heavy (non-hydrogen) atoms. The van der Waals surface area contributed by atoms with E-state index in [1.807, 2.05) is 0 Å². The minimum absolute atomic E-state index is 0.0258. The molecule has 0 saturated heterocycles. The van der Waals surface area contributed by atoms with Crippen LogP contribution in [0.25, 0.3) is 6.08 Å². The van der Waals surface area contributed by atoms with Gasteiger partial charge in [-0.25, -0.2) is 0 Å². The molecule has 0 aliphatic carbocycles. The van der Waals surface area contributed by atoms with Crippen LogP contribution in [-0.2, 0) is 0 Å². The minimum Gasteiger partial charge on any atom is -0.0918 e. The predicted molar refractivity (Wildman–Crippen MR) is 86.8 cm³/mol. The lowest BCUT2D eigenvalue weighted by molar-refractivity contribution is 0.707. The van der Waals surface area contributed by atoms with E-state index >= 15 is 0 Å². The third kappa shape index (κ3) is 4.94. The van der Waals surface area contributed by atoms with Crippen LogP contribution in [0.2, 0.25) is 0 Å². The zero-order chi connectivity index (χ0) is 13.8. The van der Waals surface area contributed by atoms with Crippen LogP contribution in [0.4, 0.5) is 0 Å². The molecular weight excluding hydrogens is 235 g/mol. The second-order valence-corrected chi connectivity index (χ2v) is 10.7. The summed E-state index contributed by atoms with van der Waals surface area (Å²) in [4.78, 5) is 0. The molecule has 1 aromatic carbocycles. The van der Waals surface area contributed by atoms with Crippen LogP contribution in [0, 0.1) is 0 Å². The molecule has 0 radical (unpaired) electrons. The van der Waals surface area contributed by atoms with E-state index in [0.29, 0.717) is 10.3 Å². The summed E-state index contributed by atoms with van der Waals surface area (Å²) in [6.07, 6.45) is 5.82. The fourth-order valence-corrected chi connectivity index (χ4v) is 5.84. The van der Waals surface area contributed by atoms with Gasteiger partial charge in [-0.1, -0.05) is 91.9 Å². The smallest absolute Gasteiger partial charge is 0.0132 e. The van der Waals surface area contributed by atoms with Gasteiger partial charge in [-0.2, -0.15) is 0 Å². The zero-order valence-corrected chi connectivity index (χ0v) is 13.6. The highest BCUT2D eigenvalue weighted by molar-refractivity contribution is 7.61. The van der Waals surface area contributed by atoms with Crippen molar-refractivity contribution in [1.82, 2.24) is 0 Å². The Hall–Kier alpha value is -0.610. The molecule has 100 valence electrons. The third-order valence-electron chi connectivity index (χ3n) is 3.02. The Morgan fingerprint density at radius 2 is 1.39 bits per heavy atom. The molecule has 0 amide bonds. The molecule has 0 atom stereocenters. The van der Waals surface area contributed by atoms with Crippen LogP contribution < -0.4 is 0 Å². The average Bonchev–Trinajstić information content (AvgIpc) is 2.22. The monoisotopic (exact) mass is 262 g/mol. The van der Waals surface area contributed by atoms with Crippen molar-refractivity contribution in [3.8, 4) is 0 Å². The van der Waals surface area contributed by atoms with E-state index in [1.165, 1.54) is 11.7 Å². The second kappa shape index (κ2) is 6.02. The first-order chi connectivity index (χ1) is 8.21. The van der Waals surface area contributed by atoms with Crippen molar-refractivity contribution in [2.45, 2.75) is 51.9 Å². The fourth-order valence-electron chi connectivity index (χ4n) is 2.41. The topological polar surface area (TPSA) is 0 Å². The molecule has 1 heteroatoms. The second-order valence-electron chi connectivity index (χ2n) is 6.77. The third-order valence-corrected chi connectivity index (χ3v) is 6.83. The fraction of sp³-hybridized carbons (Fsp3) is 0.529. The molecule has 0 aliphatic heterocycles. The Morgan fingerprint density at radius 1 is 0.889 bits per heavy atom. The van der Waals surface area contributed by atoms with Crippen molar-refractivity contribution in [1.29, 1.82) is 0 Å². The molecule has 0 aliphatic rings. The molecular formula is C17H27P. The van der Waals surface area contributed by atoms with E-state index in [2.05, 4.69) is 84.0 Å². The van der Waals surface area contributed by atoms with Crippen LogP contribution in [0.5, 0.6) is 0 Å². The van der Waals surface area contributed by atoms with E-state index in [1.54, 1.807) is 0 Å². The summed E-state index contributed by atoms with van der Waals surface area (Å²) in [5.41, 5.74) is 1.30.